The van der Waals surface area contributed by atoms with E-state index in [1.165, 1.54) is 12.8 Å². The first-order chi connectivity index (χ1) is 8.19. The highest BCUT2D eigenvalue weighted by Crippen LogP contribution is 2.27. The number of nitrogens with one attached hydrogen (secondary N) is 2. The molecule has 0 aromatic rings. The molecule has 1 heterocycles. The SMILES string of the molecule is CSC1CCCC(NC(=O)C2CC(O)CN2)C1. The second-order valence-corrected chi connectivity index (χ2v) is 6.22. The van der Waals surface area contributed by atoms with Crippen molar-refractivity contribution < 1.29 is 9.90 Å². The van der Waals surface area contributed by atoms with Crippen molar-refractivity contribution in [2.75, 3.05) is 12.8 Å². The first kappa shape index (κ1) is 13.2. The number of aliphatic hydroxyl groups excluding tert-OH is 1. The summed E-state index contributed by atoms with van der Waals surface area (Å²) in [7, 11) is 0. The minimum Gasteiger partial charge on any atom is -0.392 e. The molecule has 0 spiro atoms. The molecule has 0 aromatic carbocycles. The van der Waals surface area contributed by atoms with Gasteiger partial charge in [0, 0.05) is 17.8 Å². The zero-order valence-corrected chi connectivity index (χ0v) is 11.1. The number of amides is 1. The second-order valence-electron chi connectivity index (χ2n) is 5.08. The number of aliphatic hydroxyl groups is 1. The van der Waals surface area contributed by atoms with Crippen LogP contribution in [0.4, 0.5) is 0 Å². The Balaban J connectivity index is 1.78. The highest BCUT2D eigenvalue weighted by molar-refractivity contribution is 7.99. The van der Waals surface area contributed by atoms with Crippen LogP contribution in [0.25, 0.3) is 0 Å². The Morgan fingerprint density at radius 3 is 2.88 bits per heavy atom. The summed E-state index contributed by atoms with van der Waals surface area (Å²) in [5.74, 6) is 0.0632. The zero-order valence-electron chi connectivity index (χ0n) is 10.3. The van der Waals surface area contributed by atoms with Gasteiger partial charge in [0.2, 0.25) is 5.91 Å². The number of carbonyl (C=O) groups excluding carboxylic acids is 1. The average Bonchev–Trinajstić information content (AvgIpc) is 2.76. The Hall–Kier alpha value is -0.260. The third kappa shape index (κ3) is 3.60. The van der Waals surface area contributed by atoms with Gasteiger partial charge in [0.05, 0.1) is 12.1 Å². The lowest BCUT2D eigenvalue weighted by molar-refractivity contribution is -0.123. The molecule has 4 nitrogen and oxygen atoms in total. The minimum absolute atomic E-state index is 0.0632. The average molecular weight is 258 g/mol. The number of hydrogen-bond donors (Lipinski definition) is 3. The summed E-state index contributed by atoms with van der Waals surface area (Å²) in [6.07, 6.45) is 6.98. The lowest BCUT2D eigenvalue weighted by atomic mass is 9.94. The van der Waals surface area contributed by atoms with E-state index in [4.69, 9.17) is 0 Å². The minimum atomic E-state index is -0.365. The maximum absolute atomic E-state index is 12.0. The van der Waals surface area contributed by atoms with Crippen LogP contribution in [-0.4, -0.2) is 47.3 Å². The van der Waals surface area contributed by atoms with Crippen LogP contribution in [0.15, 0.2) is 0 Å². The summed E-state index contributed by atoms with van der Waals surface area (Å²) in [5.41, 5.74) is 0. The van der Waals surface area contributed by atoms with Crippen LogP contribution >= 0.6 is 11.8 Å². The molecule has 17 heavy (non-hydrogen) atoms. The summed E-state index contributed by atoms with van der Waals surface area (Å²) in [6.45, 7) is 0.538. The molecule has 4 unspecified atom stereocenters. The first-order valence-electron chi connectivity index (χ1n) is 6.43. The van der Waals surface area contributed by atoms with Crippen LogP contribution in [0.5, 0.6) is 0 Å². The normalized spacial score (nSPS) is 38.0. The Morgan fingerprint density at radius 2 is 2.24 bits per heavy atom. The number of β-amino-alcohol motifs (C(OH)–C–C–N with tert-alkyl or cyclic N) is 1. The Labute approximate surface area is 107 Å². The van der Waals surface area contributed by atoms with E-state index in [1.54, 1.807) is 0 Å². The fourth-order valence-corrected chi connectivity index (χ4v) is 3.54. The van der Waals surface area contributed by atoms with Crippen molar-refractivity contribution in [2.45, 2.75) is 55.5 Å². The Morgan fingerprint density at radius 1 is 1.41 bits per heavy atom. The van der Waals surface area contributed by atoms with Crippen molar-refractivity contribution in [3.63, 3.8) is 0 Å². The fraction of sp³-hybridized carbons (Fsp3) is 0.917. The summed E-state index contributed by atoms with van der Waals surface area (Å²) in [5, 5.41) is 16.3. The van der Waals surface area contributed by atoms with Crippen LogP contribution < -0.4 is 10.6 Å². The molecular formula is C12H22N2O2S. The van der Waals surface area contributed by atoms with Gasteiger partial charge >= 0.3 is 0 Å². The van der Waals surface area contributed by atoms with Crippen LogP contribution in [0.3, 0.4) is 0 Å². The van der Waals surface area contributed by atoms with Gasteiger partial charge in [-0.1, -0.05) is 6.42 Å². The van der Waals surface area contributed by atoms with E-state index in [2.05, 4.69) is 16.9 Å². The third-order valence-corrected chi connectivity index (χ3v) is 4.82. The van der Waals surface area contributed by atoms with Gasteiger partial charge in [-0.05, 0) is 31.9 Å². The molecule has 2 rings (SSSR count). The Bertz CT molecular complexity index is 275. The van der Waals surface area contributed by atoms with Crippen LogP contribution in [0.2, 0.25) is 0 Å². The van der Waals surface area contributed by atoms with Crippen LogP contribution in [-0.2, 0) is 4.79 Å². The van der Waals surface area contributed by atoms with Gasteiger partial charge in [0.1, 0.15) is 0 Å². The molecule has 2 aliphatic rings. The third-order valence-electron chi connectivity index (χ3n) is 3.73. The molecule has 2 fully saturated rings. The van der Waals surface area contributed by atoms with Crippen LogP contribution in [0, 0.1) is 0 Å². The van der Waals surface area contributed by atoms with Gasteiger partial charge in [0.15, 0.2) is 0 Å². The molecule has 1 aliphatic heterocycles. The molecule has 0 radical (unpaired) electrons. The molecule has 5 heteroatoms. The van der Waals surface area contributed by atoms with Crippen molar-refractivity contribution in [2.24, 2.45) is 0 Å². The van der Waals surface area contributed by atoms with Gasteiger partial charge in [-0.2, -0.15) is 11.8 Å². The molecule has 98 valence electrons. The fourth-order valence-electron chi connectivity index (χ4n) is 2.71. The Kier molecular flexibility index (Phi) is 4.70. The molecule has 4 atom stereocenters. The van der Waals surface area contributed by atoms with Gasteiger partial charge in [0.25, 0.3) is 0 Å². The van der Waals surface area contributed by atoms with Gasteiger partial charge < -0.3 is 15.7 Å². The molecule has 1 saturated carbocycles. The maximum atomic E-state index is 12.0. The van der Waals surface area contributed by atoms with E-state index in [0.29, 0.717) is 24.3 Å². The van der Waals surface area contributed by atoms with Crippen molar-refractivity contribution in [1.82, 2.24) is 10.6 Å². The van der Waals surface area contributed by atoms with E-state index in [9.17, 15) is 9.90 Å². The summed E-state index contributed by atoms with van der Waals surface area (Å²) in [6, 6.07) is 0.132. The standard InChI is InChI=1S/C12H22N2O2S/c1-17-10-4-2-3-8(5-10)14-12(16)11-6-9(15)7-13-11/h8-11,13,15H,2-7H2,1H3,(H,14,16). The summed E-state index contributed by atoms with van der Waals surface area (Å²) < 4.78 is 0. The second kappa shape index (κ2) is 6.07. The van der Waals surface area contributed by atoms with E-state index in [1.807, 2.05) is 11.8 Å². The predicted octanol–water partition coefficient (Wildman–Crippen LogP) is 0.500. The number of hydrogen-bond acceptors (Lipinski definition) is 4. The molecule has 1 saturated heterocycles. The monoisotopic (exact) mass is 258 g/mol. The van der Waals surface area contributed by atoms with Crippen molar-refractivity contribution in [3.8, 4) is 0 Å². The van der Waals surface area contributed by atoms with E-state index >= 15 is 0 Å². The molecule has 1 aliphatic carbocycles. The first-order valence-corrected chi connectivity index (χ1v) is 7.72. The van der Waals surface area contributed by atoms with Crippen molar-refractivity contribution in [1.29, 1.82) is 0 Å². The van der Waals surface area contributed by atoms with Crippen molar-refractivity contribution >= 4 is 17.7 Å². The zero-order chi connectivity index (χ0) is 12.3. The molecular weight excluding hydrogens is 236 g/mol. The number of rotatable bonds is 3. The highest BCUT2D eigenvalue weighted by Gasteiger charge is 2.30. The molecule has 0 aromatic heterocycles. The number of carbonyl (C=O) groups is 1. The van der Waals surface area contributed by atoms with Crippen molar-refractivity contribution in [3.05, 3.63) is 0 Å². The van der Waals surface area contributed by atoms with Crippen LogP contribution in [0.1, 0.15) is 32.1 Å². The molecule has 3 N–H and O–H groups in total. The predicted molar refractivity (Wildman–Crippen MR) is 70.1 cm³/mol. The highest BCUT2D eigenvalue weighted by atomic mass is 32.2. The van der Waals surface area contributed by atoms with E-state index < -0.39 is 0 Å². The largest absolute Gasteiger partial charge is 0.392 e. The van der Waals surface area contributed by atoms with E-state index in [0.717, 1.165) is 12.8 Å². The summed E-state index contributed by atoms with van der Waals surface area (Å²) >= 11 is 1.90. The maximum Gasteiger partial charge on any atom is 0.237 e. The molecule has 1 amide bonds. The topological polar surface area (TPSA) is 61.4 Å². The number of thioether (sulfide) groups is 1. The lowest BCUT2D eigenvalue weighted by Crippen LogP contribution is -2.47. The smallest absolute Gasteiger partial charge is 0.237 e. The summed E-state index contributed by atoms with van der Waals surface area (Å²) in [4.78, 5) is 12.0. The molecule has 0 bridgehead atoms. The van der Waals surface area contributed by atoms with Gasteiger partial charge in [-0.15, -0.1) is 0 Å². The lowest BCUT2D eigenvalue weighted by Gasteiger charge is -2.29. The quantitative estimate of drug-likeness (QED) is 0.690. The van der Waals surface area contributed by atoms with Gasteiger partial charge in [-0.25, -0.2) is 0 Å². The van der Waals surface area contributed by atoms with E-state index in [-0.39, 0.29) is 18.1 Å². The van der Waals surface area contributed by atoms with Gasteiger partial charge in [-0.3, -0.25) is 4.79 Å².